The van der Waals surface area contributed by atoms with E-state index in [4.69, 9.17) is 4.74 Å². The van der Waals surface area contributed by atoms with Crippen LogP contribution in [-0.2, 0) is 0 Å². The Balaban J connectivity index is 2.45. The largest absolute Gasteiger partial charge is 0.509 e. The molecule has 0 aromatic heterocycles. The number of amides is 1. The Morgan fingerprint density at radius 3 is 2.75 bits per heavy atom. The molecule has 1 aromatic carbocycles. The summed E-state index contributed by atoms with van der Waals surface area (Å²) in [6, 6.07) is 2.91. The van der Waals surface area contributed by atoms with Crippen molar-refractivity contribution in [3.8, 4) is 5.75 Å². The Hall–Kier alpha value is -1.66. The minimum atomic E-state index is -5.07. The molecule has 0 radical (unpaired) electrons. The van der Waals surface area contributed by atoms with Crippen LogP contribution in [0.1, 0.15) is 10.4 Å². The topological polar surface area (TPSA) is 38.3 Å². The molecule has 1 aliphatic rings. The molecule has 0 saturated carbocycles. The summed E-state index contributed by atoms with van der Waals surface area (Å²) in [5.41, 5.74) is -0.616. The highest BCUT2D eigenvalue weighted by Gasteiger charge is 2.27. The first kappa shape index (κ1) is 10.8. The smallest absolute Gasteiger partial charge is 0.491 e. The van der Waals surface area contributed by atoms with Gasteiger partial charge in [-0.05, 0) is 12.1 Å². The van der Waals surface area contributed by atoms with Crippen LogP contribution in [0.2, 0.25) is 0 Å². The minimum absolute atomic E-state index is 0.00769. The molecule has 86 valence electrons. The lowest BCUT2D eigenvalue weighted by atomic mass is 9.79. The quantitative estimate of drug-likeness (QED) is 0.726. The maximum Gasteiger partial charge on any atom is 0.509 e. The average molecular weight is 230 g/mol. The Bertz CT molecular complexity index is 433. The van der Waals surface area contributed by atoms with Crippen molar-refractivity contribution in [1.82, 2.24) is 5.32 Å². The first-order valence-electron chi connectivity index (χ1n) is 4.73. The third-order valence-electron chi connectivity index (χ3n) is 2.27. The van der Waals surface area contributed by atoms with Gasteiger partial charge in [0, 0.05) is 0 Å². The number of carbonyl (C=O) groups is 1. The molecule has 0 unspecified atom stereocenters. The van der Waals surface area contributed by atoms with Crippen molar-refractivity contribution < 1.29 is 22.5 Å². The molecular weight excluding hydrogens is 222 g/mol. The van der Waals surface area contributed by atoms with Crippen LogP contribution >= 0.6 is 0 Å². The summed E-state index contributed by atoms with van der Waals surface area (Å²) >= 11 is 0. The number of ether oxygens (including phenoxy) is 1. The van der Waals surface area contributed by atoms with Gasteiger partial charge in [0.25, 0.3) is 5.91 Å². The van der Waals surface area contributed by atoms with Crippen LogP contribution in [0, 0.1) is 0 Å². The molecule has 7 heteroatoms. The third-order valence-corrected chi connectivity index (χ3v) is 2.27. The summed E-state index contributed by atoms with van der Waals surface area (Å²) in [5, 5.41) is 2.52. The highest BCUT2D eigenvalue weighted by atomic mass is 19.4. The van der Waals surface area contributed by atoms with E-state index >= 15 is 0 Å². The van der Waals surface area contributed by atoms with Crippen molar-refractivity contribution in [2.75, 3.05) is 13.2 Å². The fourth-order valence-electron chi connectivity index (χ4n) is 1.47. The number of carbonyl (C=O) groups excluding carboxylic acids is 1. The normalized spacial score (nSPS) is 15.8. The second kappa shape index (κ2) is 3.73. The van der Waals surface area contributed by atoms with Crippen LogP contribution in [0.4, 0.5) is 12.9 Å². The Labute approximate surface area is 89.6 Å². The van der Waals surface area contributed by atoms with Crippen LogP contribution in [0.5, 0.6) is 5.75 Å². The zero-order chi connectivity index (χ0) is 11.8. The van der Waals surface area contributed by atoms with Gasteiger partial charge in [-0.1, -0.05) is 6.07 Å². The van der Waals surface area contributed by atoms with Gasteiger partial charge in [-0.15, -0.1) is 5.46 Å². The molecule has 0 aliphatic carbocycles. The number of nitrogens with one attached hydrogen (secondary N) is 1. The van der Waals surface area contributed by atoms with Gasteiger partial charge in [0.1, 0.15) is 12.4 Å². The lowest BCUT2D eigenvalue weighted by Gasteiger charge is -2.16. The number of hydrogen-bond donors (Lipinski definition) is 1. The highest BCUT2D eigenvalue weighted by molar-refractivity contribution is 6.73. The summed E-state index contributed by atoms with van der Waals surface area (Å²) in [6.07, 6.45) is 0. The van der Waals surface area contributed by atoms with Gasteiger partial charge in [-0.3, -0.25) is 4.79 Å². The standard InChI is InChI=1S/C9H8BF3NO2/c11-10(12,13)6-1-2-7-8(5-6)16-4-3-14-9(7)15/h1-2,5H,3-4H2,(H,14,15)/q-1. The van der Waals surface area contributed by atoms with Gasteiger partial charge < -0.3 is 23.0 Å². The van der Waals surface area contributed by atoms with Gasteiger partial charge >= 0.3 is 6.98 Å². The number of rotatable bonds is 1. The van der Waals surface area contributed by atoms with Crippen molar-refractivity contribution in [3.05, 3.63) is 23.8 Å². The maximum atomic E-state index is 12.5. The minimum Gasteiger partial charge on any atom is -0.491 e. The van der Waals surface area contributed by atoms with E-state index in [9.17, 15) is 17.7 Å². The molecule has 0 fully saturated rings. The highest BCUT2D eigenvalue weighted by Crippen LogP contribution is 2.21. The molecule has 1 N–H and O–H groups in total. The van der Waals surface area contributed by atoms with Gasteiger partial charge in [-0.2, -0.15) is 0 Å². The van der Waals surface area contributed by atoms with Crippen molar-refractivity contribution in [1.29, 1.82) is 0 Å². The monoisotopic (exact) mass is 230 g/mol. The molecule has 3 nitrogen and oxygen atoms in total. The molecule has 0 spiro atoms. The molecular formula is C9H8BF3NO2-. The van der Waals surface area contributed by atoms with Crippen molar-refractivity contribution in [3.63, 3.8) is 0 Å². The van der Waals surface area contributed by atoms with Crippen molar-refractivity contribution >= 4 is 18.3 Å². The van der Waals surface area contributed by atoms with Crippen molar-refractivity contribution in [2.24, 2.45) is 0 Å². The molecule has 1 aliphatic heterocycles. The summed E-state index contributed by atoms with van der Waals surface area (Å²) in [7, 11) is 0. The molecule has 0 atom stereocenters. The summed E-state index contributed by atoms with van der Waals surface area (Å²) in [5.74, 6) is -0.416. The fourth-order valence-corrected chi connectivity index (χ4v) is 1.47. The van der Waals surface area contributed by atoms with E-state index in [1.165, 1.54) is 0 Å². The van der Waals surface area contributed by atoms with Gasteiger partial charge in [0.2, 0.25) is 0 Å². The lowest BCUT2D eigenvalue weighted by molar-refractivity contribution is 0.0957. The number of benzene rings is 1. The predicted molar refractivity (Wildman–Crippen MR) is 53.0 cm³/mol. The van der Waals surface area contributed by atoms with E-state index in [-0.39, 0.29) is 17.9 Å². The summed E-state index contributed by atoms with van der Waals surface area (Å²) in [4.78, 5) is 11.4. The second-order valence-corrected chi connectivity index (χ2v) is 3.43. The number of fused-ring (bicyclic) bond motifs is 1. The van der Waals surface area contributed by atoms with E-state index < -0.39 is 18.3 Å². The van der Waals surface area contributed by atoms with Crippen LogP contribution in [0.15, 0.2) is 18.2 Å². The Kier molecular flexibility index (Phi) is 2.53. The molecule has 1 amide bonds. The predicted octanol–water partition coefficient (Wildman–Crippen LogP) is 0.863. The zero-order valence-electron chi connectivity index (χ0n) is 8.17. The van der Waals surface area contributed by atoms with Crippen LogP contribution in [0.25, 0.3) is 0 Å². The molecule has 16 heavy (non-hydrogen) atoms. The third kappa shape index (κ3) is 1.98. The molecule has 1 heterocycles. The fraction of sp³-hybridized carbons (Fsp3) is 0.222. The van der Waals surface area contributed by atoms with Crippen LogP contribution in [-0.4, -0.2) is 26.0 Å². The first-order chi connectivity index (χ1) is 7.48. The van der Waals surface area contributed by atoms with Gasteiger partial charge in [-0.25, -0.2) is 0 Å². The van der Waals surface area contributed by atoms with Crippen LogP contribution < -0.4 is 15.5 Å². The molecule has 2 rings (SSSR count). The SMILES string of the molecule is O=C1NCCOc2cc([B-](F)(F)F)ccc21. The molecule has 0 bridgehead atoms. The summed E-state index contributed by atoms with van der Waals surface area (Å²) in [6.45, 7) is -4.60. The number of hydrogen-bond acceptors (Lipinski definition) is 2. The van der Waals surface area contributed by atoms with Gasteiger partial charge in [0.15, 0.2) is 0 Å². The lowest BCUT2D eigenvalue weighted by Crippen LogP contribution is -2.34. The van der Waals surface area contributed by atoms with E-state index in [0.717, 1.165) is 18.2 Å². The van der Waals surface area contributed by atoms with E-state index in [1.807, 2.05) is 0 Å². The number of halogens is 3. The first-order valence-corrected chi connectivity index (χ1v) is 4.73. The van der Waals surface area contributed by atoms with Crippen molar-refractivity contribution in [2.45, 2.75) is 0 Å². The molecule has 1 aromatic rings. The average Bonchev–Trinajstić information content (AvgIpc) is 2.39. The van der Waals surface area contributed by atoms with E-state index in [2.05, 4.69) is 5.32 Å². The maximum absolute atomic E-state index is 12.5. The van der Waals surface area contributed by atoms with E-state index in [1.54, 1.807) is 0 Å². The van der Waals surface area contributed by atoms with Crippen LogP contribution in [0.3, 0.4) is 0 Å². The summed E-state index contributed by atoms with van der Waals surface area (Å²) < 4.78 is 42.5. The van der Waals surface area contributed by atoms with E-state index in [0.29, 0.717) is 6.54 Å². The second-order valence-electron chi connectivity index (χ2n) is 3.43. The Morgan fingerprint density at radius 1 is 1.31 bits per heavy atom. The van der Waals surface area contributed by atoms with Gasteiger partial charge in [0.05, 0.1) is 12.1 Å². The zero-order valence-corrected chi connectivity index (χ0v) is 8.17. The Morgan fingerprint density at radius 2 is 2.06 bits per heavy atom. The molecule has 0 saturated heterocycles.